The number of carbonyl (C=O) groups excluding carboxylic acids is 1. The molecule has 2 aromatic heterocycles. The Morgan fingerprint density at radius 2 is 1.68 bits per heavy atom. The van der Waals surface area contributed by atoms with E-state index in [1.807, 2.05) is 55.8 Å². The van der Waals surface area contributed by atoms with E-state index in [9.17, 15) is 9.59 Å². The molecule has 7 nitrogen and oxygen atoms in total. The topological polar surface area (TPSA) is 73.8 Å². The van der Waals surface area contributed by atoms with E-state index in [1.54, 1.807) is 11.6 Å². The van der Waals surface area contributed by atoms with Gasteiger partial charge in [0, 0.05) is 18.5 Å². The minimum absolute atomic E-state index is 0.0552. The zero-order valence-corrected chi connectivity index (χ0v) is 17.7. The Morgan fingerprint density at radius 3 is 2.25 bits per heavy atom. The van der Waals surface area contributed by atoms with Crippen LogP contribution in [0, 0.1) is 0 Å². The quantitative estimate of drug-likeness (QED) is 0.755. The minimum Gasteiger partial charge on any atom is -0.309 e. The number of amides is 1. The molecule has 0 aliphatic carbocycles. The molecule has 7 heteroatoms. The average Bonchev–Trinajstić information content (AvgIpc) is 3.11. The van der Waals surface area contributed by atoms with Gasteiger partial charge in [-0.05, 0) is 32.9 Å². The molecule has 0 spiro atoms. The molecule has 0 bridgehead atoms. The van der Waals surface area contributed by atoms with E-state index in [0.29, 0.717) is 5.82 Å². The molecule has 0 aliphatic rings. The van der Waals surface area contributed by atoms with Gasteiger partial charge in [-0.3, -0.25) is 13.9 Å². The van der Waals surface area contributed by atoms with Crippen LogP contribution in [0.15, 0.2) is 35.1 Å². The van der Waals surface area contributed by atoms with Crippen LogP contribution in [0.25, 0.3) is 11.0 Å². The number of hydrogen-bond acceptors (Lipinski definition) is 3. The van der Waals surface area contributed by atoms with Crippen LogP contribution < -0.4 is 11.0 Å². The van der Waals surface area contributed by atoms with Crippen molar-refractivity contribution in [1.29, 1.82) is 0 Å². The van der Waals surface area contributed by atoms with Crippen molar-refractivity contribution in [2.75, 3.05) is 5.32 Å². The molecular formula is C21H29N5O2. The highest BCUT2D eigenvalue weighted by atomic mass is 16.2. The Hall–Kier alpha value is -2.83. The summed E-state index contributed by atoms with van der Waals surface area (Å²) in [5.74, 6) is 0.375. The van der Waals surface area contributed by atoms with Gasteiger partial charge in [0.25, 0.3) is 0 Å². The number of nitrogens with one attached hydrogen (secondary N) is 1. The minimum atomic E-state index is -0.289. The van der Waals surface area contributed by atoms with Crippen molar-refractivity contribution in [2.45, 2.75) is 59.0 Å². The van der Waals surface area contributed by atoms with Crippen LogP contribution in [-0.4, -0.2) is 24.8 Å². The molecule has 0 atom stereocenters. The highest BCUT2D eigenvalue weighted by Gasteiger charge is 2.26. The first kappa shape index (κ1) is 19.9. The van der Waals surface area contributed by atoms with Crippen LogP contribution in [0.1, 0.15) is 47.2 Å². The molecule has 1 N–H and O–H groups in total. The summed E-state index contributed by atoms with van der Waals surface area (Å²) in [7, 11) is 1.71. The molecule has 0 radical (unpaired) electrons. The summed E-state index contributed by atoms with van der Waals surface area (Å²) in [4.78, 5) is 25.4. The maximum atomic E-state index is 12.8. The number of benzene rings is 1. The number of rotatable bonds is 3. The monoisotopic (exact) mass is 383 g/mol. The summed E-state index contributed by atoms with van der Waals surface area (Å²) in [5, 5.41) is 7.67. The summed E-state index contributed by atoms with van der Waals surface area (Å²) in [6.07, 6.45) is 0. The van der Waals surface area contributed by atoms with Gasteiger partial charge < -0.3 is 5.32 Å². The van der Waals surface area contributed by atoms with E-state index in [1.165, 1.54) is 4.57 Å². The Balaban J connectivity index is 1.94. The third kappa shape index (κ3) is 3.61. The number of carbonyl (C=O) groups is 1. The van der Waals surface area contributed by atoms with E-state index in [-0.39, 0.29) is 29.1 Å². The third-order valence-corrected chi connectivity index (χ3v) is 4.73. The molecule has 2 heterocycles. The number of aryl methyl sites for hydroxylation is 1. The van der Waals surface area contributed by atoms with E-state index in [0.717, 1.165) is 16.7 Å². The standard InChI is InChI=1S/C21H29N5O2/c1-20(2,3)16-12-17(26(23-16)21(4,5)6)22-18(27)13-25-15-11-9-8-10-14(15)24(7)19(25)28/h8-12H,13H2,1-7H3,(H,22,27). The second-order valence-corrected chi connectivity index (χ2v) is 9.21. The van der Waals surface area contributed by atoms with Gasteiger partial charge in [0.15, 0.2) is 0 Å². The molecule has 1 amide bonds. The number of nitrogens with zero attached hydrogens (tertiary/aromatic N) is 4. The molecule has 1 aromatic carbocycles. The van der Waals surface area contributed by atoms with Crippen LogP contribution in [-0.2, 0) is 29.3 Å². The van der Waals surface area contributed by atoms with E-state index in [2.05, 4.69) is 26.1 Å². The van der Waals surface area contributed by atoms with Gasteiger partial charge in [0.1, 0.15) is 12.4 Å². The van der Waals surface area contributed by atoms with Crippen molar-refractivity contribution < 1.29 is 4.79 Å². The first-order chi connectivity index (χ1) is 12.9. The van der Waals surface area contributed by atoms with Gasteiger partial charge in [0.05, 0.1) is 22.3 Å². The molecule has 150 valence electrons. The fourth-order valence-corrected chi connectivity index (χ4v) is 3.19. The molecule has 28 heavy (non-hydrogen) atoms. The maximum absolute atomic E-state index is 12.8. The molecule has 3 rings (SSSR count). The Labute approximate surface area is 165 Å². The number of fused-ring (bicyclic) bond motifs is 1. The molecule has 0 aliphatic heterocycles. The maximum Gasteiger partial charge on any atom is 0.329 e. The molecule has 0 fully saturated rings. The van der Waals surface area contributed by atoms with Gasteiger partial charge in [-0.2, -0.15) is 5.10 Å². The van der Waals surface area contributed by atoms with Crippen molar-refractivity contribution in [2.24, 2.45) is 7.05 Å². The smallest absolute Gasteiger partial charge is 0.309 e. The van der Waals surface area contributed by atoms with Crippen molar-refractivity contribution in [3.05, 3.63) is 46.5 Å². The number of anilines is 1. The molecule has 0 unspecified atom stereocenters. The van der Waals surface area contributed by atoms with E-state index in [4.69, 9.17) is 5.10 Å². The SMILES string of the molecule is Cn1c(=O)n(CC(=O)Nc2cc(C(C)(C)C)nn2C(C)(C)C)c2ccccc21. The Bertz CT molecular complexity index is 1090. The average molecular weight is 383 g/mol. The lowest BCUT2D eigenvalue weighted by molar-refractivity contribution is -0.116. The second-order valence-electron chi connectivity index (χ2n) is 9.21. The van der Waals surface area contributed by atoms with Gasteiger partial charge in [-0.15, -0.1) is 0 Å². The van der Waals surface area contributed by atoms with Crippen LogP contribution in [0.4, 0.5) is 5.82 Å². The lowest BCUT2D eigenvalue weighted by Gasteiger charge is -2.23. The zero-order valence-electron chi connectivity index (χ0n) is 17.7. The first-order valence-electron chi connectivity index (χ1n) is 9.45. The fourth-order valence-electron chi connectivity index (χ4n) is 3.19. The van der Waals surface area contributed by atoms with Crippen LogP contribution in [0.5, 0.6) is 0 Å². The normalized spacial score (nSPS) is 12.5. The third-order valence-electron chi connectivity index (χ3n) is 4.73. The van der Waals surface area contributed by atoms with Crippen molar-refractivity contribution >= 4 is 22.8 Å². The van der Waals surface area contributed by atoms with Crippen LogP contribution in [0.3, 0.4) is 0 Å². The predicted octanol–water partition coefficient (Wildman–Crippen LogP) is 3.23. The first-order valence-corrected chi connectivity index (χ1v) is 9.45. The van der Waals surface area contributed by atoms with Gasteiger partial charge >= 0.3 is 5.69 Å². The summed E-state index contributed by atoms with van der Waals surface area (Å²) in [6, 6.07) is 9.37. The van der Waals surface area contributed by atoms with E-state index >= 15 is 0 Å². The zero-order chi connectivity index (χ0) is 20.9. The highest BCUT2D eigenvalue weighted by Crippen LogP contribution is 2.28. The van der Waals surface area contributed by atoms with Gasteiger partial charge in [0.2, 0.25) is 5.91 Å². The van der Waals surface area contributed by atoms with Crippen molar-refractivity contribution in [3.8, 4) is 0 Å². The number of aromatic nitrogens is 4. The van der Waals surface area contributed by atoms with Gasteiger partial charge in [-0.25, -0.2) is 9.48 Å². The largest absolute Gasteiger partial charge is 0.329 e. The Kier molecular flexibility index (Phi) is 4.73. The molecule has 0 saturated carbocycles. The second kappa shape index (κ2) is 6.65. The molecular weight excluding hydrogens is 354 g/mol. The lowest BCUT2D eigenvalue weighted by Crippen LogP contribution is -2.31. The molecule has 0 saturated heterocycles. The number of hydrogen-bond donors (Lipinski definition) is 1. The number of para-hydroxylation sites is 2. The summed E-state index contributed by atoms with van der Waals surface area (Å²) >= 11 is 0. The van der Waals surface area contributed by atoms with Crippen LogP contribution >= 0.6 is 0 Å². The summed E-state index contributed by atoms with van der Waals surface area (Å²) in [6.45, 7) is 12.3. The molecule has 3 aromatic rings. The van der Waals surface area contributed by atoms with Crippen molar-refractivity contribution in [1.82, 2.24) is 18.9 Å². The van der Waals surface area contributed by atoms with Crippen molar-refractivity contribution in [3.63, 3.8) is 0 Å². The lowest BCUT2D eigenvalue weighted by atomic mass is 9.92. The Morgan fingerprint density at radius 1 is 1.07 bits per heavy atom. The van der Waals surface area contributed by atoms with E-state index < -0.39 is 0 Å². The van der Waals surface area contributed by atoms with Gasteiger partial charge in [-0.1, -0.05) is 32.9 Å². The number of imidazole rings is 1. The highest BCUT2D eigenvalue weighted by molar-refractivity contribution is 5.91. The predicted molar refractivity (Wildman–Crippen MR) is 112 cm³/mol. The summed E-state index contributed by atoms with van der Waals surface area (Å²) < 4.78 is 4.88. The summed E-state index contributed by atoms with van der Waals surface area (Å²) in [5.41, 5.74) is 1.81. The fraction of sp³-hybridized carbons (Fsp3) is 0.476. The van der Waals surface area contributed by atoms with Crippen LogP contribution in [0.2, 0.25) is 0 Å².